The smallest absolute Gasteiger partial charge is 0.285 e. The monoisotopic (exact) mass is 175 g/mol. The quantitative estimate of drug-likeness (QED) is 0.658. The molecule has 3 N–H and O–H groups in total. The summed E-state index contributed by atoms with van der Waals surface area (Å²) < 4.78 is 1.34. The Morgan fingerprint density at radius 3 is 2.73 bits per heavy atom. The van der Waals surface area contributed by atoms with E-state index in [0.717, 1.165) is 0 Å². The summed E-state index contributed by atoms with van der Waals surface area (Å²) in [6.07, 6.45) is 0.606. The highest BCUT2D eigenvalue weighted by atomic mass is 35.5. The molecule has 4 nitrogen and oxygen atoms in total. The van der Waals surface area contributed by atoms with Crippen molar-refractivity contribution >= 4 is 11.6 Å². The second-order valence-corrected chi connectivity index (χ2v) is 2.69. The molecular formula is C6H10ClN3O. The van der Waals surface area contributed by atoms with Gasteiger partial charge in [-0.05, 0) is 6.54 Å². The lowest BCUT2D eigenvalue weighted by atomic mass is 10.3. The third kappa shape index (κ3) is 1.46. The van der Waals surface area contributed by atoms with Gasteiger partial charge in [0.1, 0.15) is 5.02 Å². The van der Waals surface area contributed by atoms with Gasteiger partial charge in [0, 0.05) is 13.5 Å². The Labute approximate surface area is 68.9 Å². The fourth-order valence-corrected chi connectivity index (χ4v) is 1.15. The van der Waals surface area contributed by atoms with E-state index in [-0.39, 0.29) is 10.6 Å². The lowest BCUT2D eigenvalue weighted by molar-refractivity contribution is 0.718. The van der Waals surface area contributed by atoms with Crippen molar-refractivity contribution in [3.8, 4) is 0 Å². The van der Waals surface area contributed by atoms with Gasteiger partial charge < -0.3 is 5.73 Å². The summed E-state index contributed by atoms with van der Waals surface area (Å²) in [5.74, 6) is 0. The van der Waals surface area contributed by atoms with E-state index in [1.165, 1.54) is 4.68 Å². The first-order chi connectivity index (χ1) is 5.16. The first-order valence-electron chi connectivity index (χ1n) is 3.30. The minimum Gasteiger partial charge on any atom is -0.330 e. The second kappa shape index (κ2) is 3.11. The second-order valence-electron chi connectivity index (χ2n) is 2.31. The summed E-state index contributed by atoms with van der Waals surface area (Å²) in [6, 6.07) is 0. The number of halogens is 1. The van der Waals surface area contributed by atoms with Crippen LogP contribution in [0.5, 0.6) is 0 Å². The molecule has 0 aromatic carbocycles. The summed E-state index contributed by atoms with van der Waals surface area (Å²) in [6.45, 7) is 0.486. The fourth-order valence-electron chi connectivity index (χ4n) is 0.889. The van der Waals surface area contributed by atoms with Crippen molar-refractivity contribution in [2.75, 3.05) is 6.54 Å². The number of hydrogen-bond acceptors (Lipinski definition) is 2. The van der Waals surface area contributed by atoms with E-state index in [1.807, 2.05) is 0 Å². The SMILES string of the molecule is Cn1[nH]c(CCN)c(Cl)c1=O. The van der Waals surface area contributed by atoms with Crippen LogP contribution in [0.3, 0.4) is 0 Å². The molecule has 0 bridgehead atoms. The van der Waals surface area contributed by atoms with Crippen LogP contribution in [0.15, 0.2) is 4.79 Å². The standard InChI is InChI=1S/C6H10ClN3O/c1-10-6(11)5(7)4(9-10)2-3-8/h9H,2-3,8H2,1H3. The molecule has 5 heteroatoms. The molecule has 0 amide bonds. The highest BCUT2D eigenvalue weighted by Gasteiger charge is 2.07. The number of aromatic nitrogens is 2. The molecule has 0 radical (unpaired) electrons. The number of rotatable bonds is 2. The molecule has 0 spiro atoms. The summed E-state index contributed by atoms with van der Waals surface area (Å²) >= 11 is 5.67. The molecule has 0 saturated heterocycles. The van der Waals surface area contributed by atoms with Gasteiger partial charge in [0.2, 0.25) is 0 Å². The number of hydrogen-bond donors (Lipinski definition) is 2. The summed E-state index contributed by atoms with van der Waals surface area (Å²) in [7, 11) is 1.62. The molecule has 0 saturated carbocycles. The molecule has 0 aliphatic carbocycles. The van der Waals surface area contributed by atoms with Gasteiger partial charge >= 0.3 is 0 Å². The van der Waals surface area contributed by atoms with Crippen LogP contribution in [-0.2, 0) is 13.5 Å². The Morgan fingerprint density at radius 1 is 1.73 bits per heavy atom. The molecule has 1 aromatic rings. The van der Waals surface area contributed by atoms with Crippen LogP contribution in [0, 0.1) is 0 Å². The van der Waals surface area contributed by atoms with E-state index in [0.29, 0.717) is 18.7 Å². The third-order valence-corrected chi connectivity index (χ3v) is 1.84. The van der Waals surface area contributed by atoms with Crippen LogP contribution >= 0.6 is 11.6 Å². The van der Waals surface area contributed by atoms with Gasteiger partial charge in [0.25, 0.3) is 5.56 Å². The molecule has 0 unspecified atom stereocenters. The summed E-state index contributed by atoms with van der Waals surface area (Å²) in [4.78, 5) is 11.0. The van der Waals surface area contributed by atoms with Gasteiger partial charge in [0.05, 0.1) is 5.69 Å². The number of aryl methyl sites for hydroxylation is 1. The maximum atomic E-state index is 11.0. The Morgan fingerprint density at radius 2 is 2.36 bits per heavy atom. The van der Waals surface area contributed by atoms with Crippen molar-refractivity contribution in [1.29, 1.82) is 0 Å². The van der Waals surface area contributed by atoms with Crippen LogP contribution in [0.1, 0.15) is 5.69 Å². The zero-order valence-corrected chi connectivity index (χ0v) is 6.98. The van der Waals surface area contributed by atoms with E-state index in [2.05, 4.69) is 5.10 Å². The van der Waals surface area contributed by atoms with Crippen LogP contribution in [0.2, 0.25) is 5.02 Å². The summed E-state index contributed by atoms with van der Waals surface area (Å²) in [5, 5.41) is 3.05. The van der Waals surface area contributed by atoms with Gasteiger partial charge in [-0.25, -0.2) is 0 Å². The molecule has 1 heterocycles. The molecule has 11 heavy (non-hydrogen) atoms. The minimum absolute atomic E-state index is 0.199. The van der Waals surface area contributed by atoms with Crippen LogP contribution in [0.25, 0.3) is 0 Å². The number of aromatic amines is 1. The van der Waals surface area contributed by atoms with Crippen molar-refractivity contribution in [2.45, 2.75) is 6.42 Å². The van der Waals surface area contributed by atoms with Gasteiger partial charge in [-0.3, -0.25) is 14.6 Å². The highest BCUT2D eigenvalue weighted by molar-refractivity contribution is 6.31. The van der Waals surface area contributed by atoms with Gasteiger partial charge in [-0.2, -0.15) is 0 Å². The highest BCUT2D eigenvalue weighted by Crippen LogP contribution is 2.06. The van der Waals surface area contributed by atoms with E-state index in [4.69, 9.17) is 17.3 Å². The van der Waals surface area contributed by atoms with E-state index in [9.17, 15) is 4.79 Å². The molecular weight excluding hydrogens is 166 g/mol. The zero-order valence-electron chi connectivity index (χ0n) is 6.22. The Balaban J connectivity index is 3.08. The fraction of sp³-hybridized carbons (Fsp3) is 0.500. The molecule has 0 fully saturated rings. The molecule has 62 valence electrons. The Hall–Kier alpha value is -0.740. The largest absolute Gasteiger partial charge is 0.330 e. The average molecular weight is 176 g/mol. The molecule has 1 aromatic heterocycles. The topological polar surface area (TPSA) is 63.8 Å². The van der Waals surface area contributed by atoms with Crippen molar-refractivity contribution < 1.29 is 0 Å². The average Bonchev–Trinajstić information content (AvgIpc) is 2.19. The predicted octanol–water partition coefficient (Wildman–Crippen LogP) is -0.132. The number of H-pyrrole nitrogens is 1. The van der Waals surface area contributed by atoms with Crippen LogP contribution in [-0.4, -0.2) is 16.3 Å². The maximum absolute atomic E-state index is 11.0. The lowest BCUT2D eigenvalue weighted by Gasteiger charge is -1.91. The normalized spacial score (nSPS) is 10.5. The Kier molecular flexibility index (Phi) is 2.36. The minimum atomic E-state index is -0.199. The van der Waals surface area contributed by atoms with Gasteiger partial charge in [-0.1, -0.05) is 11.6 Å². The van der Waals surface area contributed by atoms with Gasteiger partial charge in [0.15, 0.2) is 0 Å². The predicted molar refractivity (Wildman–Crippen MR) is 43.8 cm³/mol. The van der Waals surface area contributed by atoms with Crippen molar-refractivity contribution in [3.05, 3.63) is 21.1 Å². The number of nitrogens with one attached hydrogen (secondary N) is 1. The third-order valence-electron chi connectivity index (χ3n) is 1.45. The van der Waals surface area contributed by atoms with E-state index >= 15 is 0 Å². The molecule has 1 rings (SSSR count). The van der Waals surface area contributed by atoms with Crippen molar-refractivity contribution in [2.24, 2.45) is 12.8 Å². The molecule has 0 atom stereocenters. The maximum Gasteiger partial charge on any atom is 0.285 e. The molecule has 0 aliphatic heterocycles. The number of nitrogens with two attached hydrogens (primary N) is 1. The zero-order chi connectivity index (χ0) is 8.43. The van der Waals surface area contributed by atoms with E-state index < -0.39 is 0 Å². The van der Waals surface area contributed by atoms with Crippen LogP contribution in [0.4, 0.5) is 0 Å². The molecule has 0 aliphatic rings. The lowest BCUT2D eigenvalue weighted by Crippen LogP contribution is -2.11. The first kappa shape index (κ1) is 8.36. The van der Waals surface area contributed by atoms with Crippen molar-refractivity contribution in [1.82, 2.24) is 9.78 Å². The van der Waals surface area contributed by atoms with E-state index in [1.54, 1.807) is 7.05 Å². The Bertz CT molecular complexity index is 301. The van der Waals surface area contributed by atoms with Gasteiger partial charge in [-0.15, -0.1) is 0 Å². The van der Waals surface area contributed by atoms with Crippen molar-refractivity contribution in [3.63, 3.8) is 0 Å². The number of nitrogens with zero attached hydrogens (tertiary/aromatic N) is 1. The first-order valence-corrected chi connectivity index (χ1v) is 3.68. The van der Waals surface area contributed by atoms with Crippen LogP contribution < -0.4 is 11.3 Å². The summed E-state index contributed by atoms with van der Waals surface area (Å²) in [5.41, 5.74) is 5.81.